The van der Waals surface area contributed by atoms with Crippen LogP contribution in [0.25, 0.3) is 0 Å². The predicted molar refractivity (Wildman–Crippen MR) is 114 cm³/mol. The molecule has 0 aliphatic rings. The van der Waals surface area contributed by atoms with Gasteiger partial charge in [0, 0.05) is 16.5 Å². The van der Waals surface area contributed by atoms with E-state index in [-0.39, 0.29) is 34.8 Å². The zero-order chi connectivity index (χ0) is 25.1. The molecule has 0 radical (unpaired) electrons. The molecule has 28 heavy (non-hydrogen) atoms. The number of amides is 1. The highest BCUT2D eigenvalue weighted by molar-refractivity contribution is 7.13. The topological polar surface area (TPSA) is 88.2 Å². The van der Waals surface area contributed by atoms with E-state index in [9.17, 15) is 9.90 Å². The molecule has 1 aromatic heterocycles. The largest absolute Gasteiger partial charge is 0.388 e. The lowest BCUT2D eigenvalue weighted by Crippen LogP contribution is -2.14. The second-order valence-corrected chi connectivity index (χ2v) is 6.84. The maximum absolute atomic E-state index is 12.2. The van der Waals surface area contributed by atoms with Crippen LogP contribution in [0.4, 0.5) is 10.8 Å². The molecule has 1 heterocycles. The van der Waals surface area contributed by atoms with Gasteiger partial charge in [0.2, 0.25) is 5.91 Å². The summed E-state index contributed by atoms with van der Waals surface area (Å²) < 4.78 is 49.0. The number of hydrogen-bond acceptors (Lipinski definition) is 5. The summed E-state index contributed by atoms with van der Waals surface area (Å²) in [5, 5.41) is 13.6. The minimum Gasteiger partial charge on any atom is -0.388 e. The lowest BCUT2D eigenvalue weighted by molar-refractivity contribution is -0.115. The van der Waals surface area contributed by atoms with Crippen LogP contribution < -0.4 is 11.1 Å². The van der Waals surface area contributed by atoms with Crippen LogP contribution in [0.3, 0.4) is 0 Å². The normalized spacial score (nSPS) is 17.2. The highest BCUT2D eigenvalue weighted by Gasteiger charge is 2.08. The summed E-state index contributed by atoms with van der Waals surface area (Å²) in [4.78, 5) is 16.2. The molecule has 0 saturated heterocycles. The van der Waals surface area contributed by atoms with Crippen molar-refractivity contribution in [2.24, 2.45) is 0 Å². The third-order valence-electron chi connectivity index (χ3n) is 3.84. The predicted octanol–water partition coefficient (Wildman–Crippen LogP) is 4.35. The number of aliphatic hydroxyl groups is 1. The highest BCUT2D eigenvalue weighted by atomic mass is 32.1. The van der Waals surface area contributed by atoms with Crippen molar-refractivity contribution in [1.29, 1.82) is 0 Å². The highest BCUT2D eigenvalue weighted by Crippen LogP contribution is 2.20. The van der Waals surface area contributed by atoms with Gasteiger partial charge in [-0.25, -0.2) is 4.98 Å². The Balaban J connectivity index is 1.62. The number of anilines is 2. The van der Waals surface area contributed by atoms with Gasteiger partial charge in [-0.3, -0.25) is 4.79 Å². The molecule has 0 bridgehead atoms. The van der Waals surface area contributed by atoms with E-state index in [4.69, 9.17) is 14.0 Å². The number of nitrogens with one attached hydrogen (secondary N) is 1. The zero-order valence-corrected chi connectivity index (χ0v) is 15.9. The molecule has 2 aromatic carbocycles. The van der Waals surface area contributed by atoms with E-state index >= 15 is 0 Å². The second-order valence-electron chi connectivity index (χ2n) is 6.02. The van der Waals surface area contributed by atoms with Crippen LogP contribution in [-0.4, -0.2) is 16.0 Å². The Morgan fingerprint density at radius 1 is 1.29 bits per heavy atom. The molecule has 0 unspecified atom stereocenters. The average Bonchev–Trinajstić information content (AvgIpc) is 3.05. The quantitative estimate of drug-likeness (QED) is 0.497. The van der Waals surface area contributed by atoms with Gasteiger partial charge in [0.1, 0.15) is 0 Å². The molecule has 0 spiro atoms. The summed E-state index contributed by atoms with van der Waals surface area (Å²) in [7, 11) is 0. The molecular weight excluding hydrogens is 370 g/mol. The number of nitrogens with zero attached hydrogens (tertiary/aromatic N) is 1. The van der Waals surface area contributed by atoms with Crippen LogP contribution in [0.15, 0.2) is 60.0 Å². The van der Waals surface area contributed by atoms with Crippen molar-refractivity contribution in [3.63, 3.8) is 0 Å². The van der Waals surface area contributed by atoms with E-state index in [0.717, 1.165) is 11.3 Å². The van der Waals surface area contributed by atoms with Gasteiger partial charge in [0.05, 0.1) is 20.9 Å². The molecule has 5 nitrogen and oxygen atoms in total. The van der Waals surface area contributed by atoms with Crippen molar-refractivity contribution < 1.29 is 18.1 Å². The van der Waals surface area contributed by atoms with E-state index in [1.165, 1.54) is 12.1 Å². The van der Waals surface area contributed by atoms with E-state index in [0.29, 0.717) is 16.9 Å². The van der Waals surface area contributed by atoms with Gasteiger partial charge < -0.3 is 16.2 Å². The molecule has 3 aromatic rings. The fourth-order valence-corrected chi connectivity index (χ4v) is 2.98. The molecule has 6 heteroatoms. The number of hydrogen-bond donors (Lipinski definition) is 3. The standard InChI is InChI=1S/C22H25N3O2S/c23-22-25-19(15-28-22)14-21(27)24-18-12-10-16(11-13-18)6-4-5-9-20(26)17-7-2-1-3-8-17/h1-3,7-8,10-13,15,20,26H,4-6,9,14H2,(H2,23,25)(H,24,27)/t20-/m0/s1/i4D2,9D2,15D,20D. The van der Waals surface area contributed by atoms with E-state index in [1.54, 1.807) is 42.5 Å². The van der Waals surface area contributed by atoms with Crippen molar-refractivity contribution in [3.8, 4) is 0 Å². The van der Waals surface area contributed by atoms with Gasteiger partial charge in [-0.1, -0.05) is 48.9 Å². The number of nitrogen functional groups attached to an aromatic ring is 1. The maximum atomic E-state index is 12.2. The fraction of sp³-hybridized carbons (Fsp3) is 0.273. The summed E-state index contributed by atoms with van der Waals surface area (Å²) in [6, 6.07) is 14.1. The molecule has 146 valence electrons. The zero-order valence-electron chi connectivity index (χ0n) is 21.1. The molecule has 0 aliphatic carbocycles. The van der Waals surface area contributed by atoms with Gasteiger partial charge in [0.25, 0.3) is 0 Å². The summed E-state index contributed by atoms with van der Waals surface area (Å²) in [6.07, 6.45) is -8.15. The van der Waals surface area contributed by atoms with Crippen molar-refractivity contribution in [1.82, 2.24) is 4.98 Å². The molecule has 0 fully saturated rings. The van der Waals surface area contributed by atoms with Crippen LogP contribution in [0.1, 0.15) is 50.3 Å². The monoisotopic (exact) mass is 401 g/mol. The second kappa shape index (κ2) is 10.0. The third-order valence-corrected chi connectivity index (χ3v) is 4.48. The number of aryl methyl sites for hydroxylation is 1. The van der Waals surface area contributed by atoms with Crippen LogP contribution in [-0.2, 0) is 17.6 Å². The number of aromatic nitrogens is 1. The van der Waals surface area contributed by atoms with Crippen LogP contribution in [0, 0.1) is 0 Å². The van der Waals surface area contributed by atoms with Gasteiger partial charge in [0.15, 0.2) is 5.13 Å². The smallest absolute Gasteiger partial charge is 0.230 e. The Bertz CT molecular complexity index is 1140. The molecule has 0 aliphatic heterocycles. The Labute approximate surface area is 177 Å². The lowest BCUT2D eigenvalue weighted by Gasteiger charge is -2.10. The Kier molecular flexibility index (Phi) is 4.82. The molecular formula is C22H25N3O2S. The minimum absolute atomic E-state index is 0.0498. The average molecular weight is 402 g/mol. The molecule has 1 atom stereocenters. The van der Waals surface area contributed by atoms with Crippen LogP contribution >= 0.6 is 11.3 Å². The summed E-state index contributed by atoms with van der Waals surface area (Å²) in [5.74, 6) is -0.370. The first-order valence-electron chi connectivity index (χ1n) is 11.7. The number of benzene rings is 2. The first kappa shape index (κ1) is 13.5. The Morgan fingerprint density at radius 2 is 2.04 bits per heavy atom. The van der Waals surface area contributed by atoms with E-state index in [1.807, 2.05) is 0 Å². The van der Waals surface area contributed by atoms with Crippen molar-refractivity contribution in [2.75, 3.05) is 11.1 Å². The number of nitrogens with two attached hydrogens (primary N) is 1. The van der Waals surface area contributed by atoms with Crippen molar-refractivity contribution in [3.05, 3.63) is 76.8 Å². The third kappa shape index (κ3) is 6.18. The number of carbonyl (C=O) groups excluding carboxylic acids is 1. The number of rotatable bonds is 9. The summed E-state index contributed by atoms with van der Waals surface area (Å²) in [6.45, 7) is 0. The number of thiazole rings is 1. The molecule has 0 saturated carbocycles. The van der Waals surface area contributed by atoms with Gasteiger partial charge in [-0.05, 0) is 42.4 Å². The van der Waals surface area contributed by atoms with Crippen molar-refractivity contribution in [2.45, 2.75) is 38.1 Å². The molecule has 3 rings (SSSR count). The fourth-order valence-electron chi connectivity index (χ4n) is 2.48. The van der Waals surface area contributed by atoms with Gasteiger partial charge in [-0.2, -0.15) is 0 Å². The first-order chi connectivity index (χ1) is 15.8. The van der Waals surface area contributed by atoms with E-state index < -0.39 is 25.2 Å². The van der Waals surface area contributed by atoms with Crippen molar-refractivity contribution >= 4 is 28.1 Å². The Morgan fingerprint density at radius 3 is 2.71 bits per heavy atom. The molecule has 1 amide bonds. The summed E-state index contributed by atoms with van der Waals surface area (Å²) in [5.41, 5.74) is 6.93. The minimum atomic E-state index is -2.61. The SMILES string of the molecule is [2H]c1sc(N)nc1CC(=O)Nc1ccc(CC([2H])([2H])CC([2H])([2H])[C@]([2H])(O)c2ccccc2)cc1. The summed E-state index contributed by atoms with van der Waals surface area (Å²) >= 11 is 0.992. The van der Waals surface area contributed by atoms with E-state index in [2.05, 4.69) is 10.3 Å². The maximum Gasteiger partial charge on any atom is 0.230 e. The van der Waals surface area contributed by atoms with Gasteiger partial charge >= 0.3 is 0 Å². The first-order valence-corrected chi connectivity index (χ1v) is 9.49. The van der Waals surface area contributed by atoms with Crippen LogP contribution in [0.5, 0.6) is 0 Å². The Hall–Kier alpha value is -2.70. The van der Waals surface area contributed by atoms with Gasteiger partial charge in [-0.15, -0.1) is 11.3 Å². The number of carbonyl (C=O) groups is 1. The molecule has 4 N–H and O–H groups in total. The van der Waals surface area contributed by atoms with Crippen LogP contribution in [0.2, 0.25) is 0 Å². The lowest BCUT2D eigenvalue weighted by atomic mass is 10.0.